The lowest BCUT2D eigenvalue weighted by Gasteiger charge is -2.30. The third-order valence-corrected chi connectivity index (χ3v) is 5.33. The van der Waals surface area contributed by atoms with E-state index in [9.17, 15) is 9.59 Å². The number of nitrogens with one attached hydrogen (secondary N) is 3. The van der Waals surface area contributed by atoms with E-state index in [0.29, 0.717) is 45.9 Å². The van der Waals surface area contributed by atoms with Crippen LogP contribution in [-0.2, 0) is 14.3 Å². The van der Waals surface area contributed by atoms with Gasteiger partial charge in [-0.25, -0.2) is 4.79 Å². The summed E-state index contributed by atoms with van der Waals surface area (Å²) < 4.78 is 22.0. The number of hydrogen-bond donors (Lipinski definition) is 3. The lowest BCUT2D eigenvalue weighted by atomic mass is 9.95. The molecule has 1 heterocycles. The van der Waals surface area contributed by atoms with Crippen molar-refractivity contribution in [1.29, 1.82) is 0 Å². The van der Waals surface area contributed by atoms with Crippen molar-refractivity contribution in [2.75, 3.05) is 32.2 Å². The van der Waals surface area contributed by atoms with Crippen molar-refractivity contribution in [1.82, 2.24) is 10.6 Å². The molecule has 2 aromatic rings. The summed E-state index contributed by atoms with van der Waals surface area (Å²) in [6, 6.07) is 11.8. The first-order chi connectivity index (χ1) is 16.9. The van der Waals surface area contributed by atoms with Crippen molar-refractivity contribution < 1.29 is 28.5 Å². The maximum absolute atomic E-state index is 12.6. The Morgan fingerprint density at radius 2 is 1.80 bits per heavy atom. The molecule has 0 spiro atoms. The molecule has 0 radical (unpaired) electrons. The number of hydrogen-bond acceptors (Lipinski definition) is 7. The molecule has 0 bridgehead atoms. The summed E-state index contributed by atoms with van der Waals surface area (Å²) in [5.74, 6) is 0.578. The van der Waals surface area contributed by atoms with E-state index >= 15 is 0 Å². The Morgan fingerprint density at radius 1 is 1.03 bits per heavy atom. The van der Waals surface area contributed by atoms with Gasteiger partial charge in [0.2, 0.25) is 0 Å². The molecule has 0 aromatic heterocycles. The average Bonchev–Trinajstić information content (AvgIpc) is 2.83. The molecular formula is C25H29N3O6S. The topological polar surface area (TPSA) is 107 Å². The Labute approximate surface area is 209 Å². The van der Waals surface area contributed by atoms with Gasteiger partial charge in [-0.2, -0.15) is 0 Å². The molecule has 10 heteroatoms. The molecule has 35 heavy (non-hydrogen) atoms. The first-order valence-corrected chi connectivity index (χ1v) is 11.6. The molecule has 1 aliphatic heterocycles. The Hall–Kier alpha value is -3.79. The molecule has 0 fully saturated rings. The zero-order chi connectivity index (χ0) is 25.4. The predicted octanol–water partition coefficient (Wildman–Crippen LogP) is 3.47. The fraction of sp³-hybridized carbons (Fsp3) is 0.320. The number of benzene rings is 2. The SMILES string of the molecule is CCOC(=O)C1=C(C)NC(=S)N[C@H]1c1ccc(OCC(=O)Nc2ccccc2OC)c(OCC)c1. The van der Waals surface area contributed by atoms with Crippen LogP contribution in [0.25, 0.3) is 0 Å². The number of anilines is 1. The van der Waals surface area contributed by atoms with Crippen LogP contribution in [0.5, 0.6) is 17.2 Å². The fourth-order valence-corrected chi connectivity index (χ4v) is 3.86. The highest BCUT2D eigenvalue weighted by Gasteiger charge is 2.31. The maximum atomic E-state index is 12.6. The number of methoxy groups -OCH3 is 1. The molecule has 1 atom stereocenters. The van der Waals surface area contributed by atoms with Gasteiger partial charge < -0.3 is 34.9 Å². The highest BCUT2D eigenvalue weighted by Crippen LogP contribution is 2.35. The zero-order valence-electron chi connectivity index (χ0n) is 20.1. The molecule has 2 aromatic carbocycles. The number of esters is 1. The van der Waals surface area contributed by atoms with E-state index in [0.717, 1.165) is 5.56 Å². The van der Waals surface area contributed by atoms with Gasteiger partial charge >= 0.3 is 5.97 Å². The lowest BCUT2D eigenvalue weighted by Crippen LogP contribution is -2.45. The normalized spacial score (nSPS) is 15.0. The highest BCUT2D eigenvalue weighted by atomic mass is 32.1. The molecule has 0 unspecified atom stereocenters. The van der Waals surface area contributed by atoms with E-state index in [2.05, 4.69) is 16.0 Å². The van der Waals surface area contributed by atoms with E-state index in [-0.39, 0.29) is 19.1 Å². The van der Waals surface area contributed by atoms with Crippen LogP contribution in [0.15, 0.2) is 53.7 Å². The summed E-state index contributed by atoms with van der Waals surface area (Å²) in [7, 11) is 1.53. The van der Waals surface area contributed by atoms with E-state index < -0.39 is 12.0 Å². The van der Waals surface area contributed by atoms with Crippen LogP contribution < -0.4 is 30.2 Å². The summed E-state index contributed by atoms with van der Waals surface area (Å²) >= 11 is 5.30. The minimum Gasteiger partial charge on any atom is -0.495 e. The largest absolute Gasteiger partial charge is 0.495 e. The van der Waals surface area contributed by atoms with Crippen LogP contribution in [0, 0.1) is 0 Å². The van der Waals surface area contributed by atoms with E-state index in [1.807, 2.05) is 13.0 Å². The first kappa shape index (κ1) is 25.8. The van der Waals surface area contributed by atoms with Crippen molar-refractivity contribution in [3.8, 4) is 17.2 Å². The second-order valence-corrected chi connectivity index (χ2v) is 7.88. The number of ether oxygens (including phenoxy) is 4. The smallest absolute Gasteiger partial charge is 0.338 e. The minimum atomic E-state index is -0.537. The van der Waals surface area contributed by atoms with E-state index in [1.165, 1.54) is 7.11 Å². The maximum Gasteiger partial charge on any atom is 0.338 e. The average molecular weight is 500 g/mol. The number of carbonyl (C=O) groups excluding carboxylic acids is 2. The fourth-order valence-electron chi connectivity index (χ4n) is 3.59. The molecular weight excluding hydrogens is 470 g/mol. The molecule has 0 aliphatic carbocycles. The summed E-state index contributed by atoms with van der Waals surface area (Å²) in [6.45, 7) is 5.76. The molecule has 1 amide bonds. The van der Waals surface area contributed by atoms with Gasteiger partial charge in [-0.3, -0.25) is 4.79 Å². The van der Waals surface area contributed by atoms with Crippen molar-refractivity contribution in [3.63, 3.8) is 0 Å². The molecule has 3 rings (SSSR count). The van der Waals surface area contributed by atoms with Crippen molar-refractivity contribution >= 4 is 34.9 Å². The van der Waals surface area contributed by atoms with Crippen LogP contribution in [0.2, 0.25) is 0 Å². The molecule has 3 N–H and O–H groups in total. The van der Waals surface area contributed by atoms with Crippen LogP contribution in [0.1, 0.15) is 32.4 Å². The quantitative estimate of drug-likeness (QED) is 0.335. The zero-order valence-corrected chi connectivity index (χ0v) is 20.9. The summed E-state index contributed by atoms with van der Waals surface area (Å²) in [5, 5.41) is 9.25. The van der Waals surface area contributed by atoms with Gasteiger partial charge in [0, 0.05) is 5.70 Å². The monoisotopic (exact) mass is 499 g/mol. The van der Waals surface area contributed by atoms with Crippen LogP contribution in [-0.4, -0.2) is 43.9 Å². The van der Waals surface area contributed by atoms with Crippen LogP contribution in [0.4, 0.5) is 5.69 Å². The molecule has 1 aliphatic rings. The van der Waals surface area contributed by atoms with Gasteiger partial charge in [-0.05, 0) is 62.8 Å². The molecule has 0 saturated carbocycles. The second-order valence-electron chi connectivity index (χ2n) is 7.47. The van der Waals surface area contributed by atoms with E-state index in [4.69, 9.17) is 31.2 Å². The van der Waals surface area contributed by atoms with Gasteiger partial charge in [0.1, 0.15) is 5.75 Å². The Kier molecular flexibility index (Phi) is 8.91. The minimum absolute atomic E-state index is 0.236. The third kappa shape index (κ3) is 6.42. The molecule has 186 valence electrons. The van der Waals surface area contributed by atoms with Gasteiger partial charge in [-0.1, -0.05) is 18.2 Å². The number of carbonyl (C=O) groups is 2. The predicted molar refractivity (Wildman–Crippen MR) is 136 cm³/mol. The van der Waals surface area contributed by atoms with Gasteiger partial charge in [-0.15, -0.1) is 0 Å². The molecule has 9 nitrogen and oxygen atoms in total. The van der Waals surface area contributed by atoms with Crippen molar-refractivity contribution in [2.45, 2.75) is 26.8 Å². The van der Waals surface area contributed by atoms with Crippen LogP contribution >= 0.6 is 12.2 Å². The second kappa shape index (κ2) is 12.1. The summed E-state index contributed by atoms with van der Waals surface area (Å²) in [5.41, 5.74) is 2.31. The van der Waals surface area contributed by atoms with Crippen molar-refractivity contribution in [3.05, 3.63) is 59.3 Å². The van der Waals surface area contributed by atoms with Crippen molar-refractivity contribution in [2.24, 2.45) is 0 Å². The number of allylic oxidation sites excluding steroid dienone is 1. The van der Waals surface area contributed by atoms with Gasteiger partial charge in [0.05, 0.1) is 37.6 Å². The summed E-state index contributed by atoms with van der Waals surface area (Å²) in [4.78, 5) is 25.1. The number of rotatable bonds is 10. The van der Waals surface area contributed by atoms with Gasteiger partial charge in [0.25, 0.3) is 5.91 Å². The molecule has 0 saturated heterocycles. The van der Waals surface area contributed by atoms with Gasteiger partial charge in [0.15, 0.2) is 23.2 Å². The lowest BCUT2D eigenvalue weighted by molar-refractivity contribution is -0.139. The highest BCUT2D eigenvalue weighted by molar-refractivity contribution is 7.80. The van der Waals surface area contributed by atoms with E-state index in [1.54, 1.807) is 50.2 Å². The van der Waals surface area contributed by atoms with Crippen LogP contribution in [0.3, 0.4) is 0 Å². The number of para-hydroxylation sites is 2. The third-order valence-electron chi connectivity index (χ3n) is 5.11. The standard InChI is InChI=1S/C25H29N3O6S/c1-5-32-20-13-16(23-22(24(30)33-6-2)15(3)26-25(35)28-23)11-12-19(20)34-14-21(29)27-17-9-7-8-10-18(17)31-4/h7-13,23H,5-6,14H2,1-4H3,(H,27,29)(H2,26,28,35)/t23-/m0/s1. The summed E-state index contributed by atoms with van der Waals surface area (Å²) in [6.07, 6.45) is 0. The number of thiocarbonyl (C=S) groups is 1. The Morgan fingerprint density at radius 3 is 2.51 bits per heavy atom. The number of amides is 1. The Balaban J connectivity index is 1.80. The first-order valence-electron chi connectivity index (χ1n) is 11.2. The Bertz CT molecular complexity index is 1130.